The lowest BCUT2D eigenvalue weighted by Crippen LogP contribution is -2.37. The molecule has 1 fully saturated rings. The third kappa shape index (κ3) is 2.19. The molecule has 2 N–H and O–H groups in total. The molecule has 0 spiro atoms. The predicted octanol–water partition coefficient (Wildman–Crippen LogP) is 1.81. The summed E-state index contributed by atoms with van der Waals surface area (Å²) in [6.45, 7) is 3.13. The van der Waals surface area contributed by atoms with Gasteiger partial charge >= 0.3 is 0 Å². The zero-order valence-corrected chi connectivity index (χ0v) is 11.8. The lowest BCUT2D eigenvalue weighted by molar-refractivity contribution is -0.125. The summed E-state index contributed by atoms with van der Waals surface area (Å²) in [6.07, 6.45) is 0.707. The summed E-state index contributed by atoms with van der Waals surface area (Å²) in [7, 11) is 0. The monoisotopic (exact) mass is 280 g/mol. The maximum Gasteiger partial charge on any atom is 0.225 e. The van der Waals surface area contributed by atoms with Crippen LogP contribution >= 0.6 is 0 Å². The highest BCUT2D eigenvalue weighted by molar-refractivity contribution is 5.87. The first-order valence-corrected chi connectivity index (χ1v) is 6.88. The van der Waals surface area contributed by atoms with E-state index in [2.05, 4.69) is 11.1 Å². The molecule has 1 aromatic carbocycles. The van der Waals surface area contributed by atoms with Crippen molar-refractivity contribution in [1.82, 2.24) is 4.98 Å². The van der Waals surface area contributed by atoms with Gasteiger partial charge in [0, 0.05) is 18.5 Å². The second-order valence-corrected chi connectivity index (χ2v) is 5.75. The number of nitriles is 1. The summed E-state index contributed by atoms with van der Waals surface area (Å²) in [5, 5.41) is 10.2. The molecule has 0 aliphatic carbocycles. The molecule has 1 aliphatic heterocycles. The fraction of sp³-hybridized carbons (Fsp3) is 0.312. The number of nitrogens with zero attached hydrogens (tertiary/aromatic N) is 3. The van der Waals surface area contributed by atoms with Gasteiger partial charge in [-0.2, -0.15) is 5.26 Å². The molecule has 1 saturated heterocycles. The molecule has 0 radical (unpaired) electrons. The number of amides is 1. The number of fused-ring (bicyclic) bond motifs is 1. The smallest absolute Gasteiger partial charge is 0.225 e. The van der Waals surface area contributed by atoms with Crippen LogP contribution in [0.15, 0.2) is 30.3 Å². The minimum Gasteiger partial charge on any atom is -0.369 e. The van der Waals surface area contributed by atoms with Gasteiger partial charge in [-0.15, -0.1) is 0 Å². The van der Waals surface area contributed by atoms with Crippen molar-refractivity contribution in [2.24, 2.45) is 11.1 Å². The van der Waals surface area contributed by atoms with Crippen LogP contribution in [0.2, 0.25) is 0 Å². The number of primary amides is 1. The van der Waals surface area contributed by atoms with E-state index in [9.17, 15) is 10.1 Å². The Balaban J connectivity index is 2.03. The molecular formula is C16H16N4O. The number of nitrogens with two attached hydrogens (primary N) is 1. The second kappa shape index (κ2) is 4.74. The number of hydrogen-bond donors (Lipinski definition) is 1. The zero-order chi connectivity index (χ0) is 15.0. The molecule has 5 nitrogen and oxygen atoms in total. The number of carbonyl (C=O) groups is 1. The number of rotatable bonds is 2. The SMILES string of the molecule is CC1(C(N)=O)CCN(c2cc(C#N)c3ccccc3n2)C1. The van der Waals surface area contributed by atoms with E-state index in [0.717, 1.165) is 23.3 Å². The van der Waals surface area contributed by atoms with Crippen molar-refractivity contribution in [2.45, 2.75) is 13.3 Å². The van der Waals surface area contributed by atoms with Gasteiger partial charge < -0.3 is 10.6 Å². The Kier molecular flexibility index (Phi) is 3.02. The van der Waals surface area contributed by atoms with Crippen LogP contribution in [0, 0.1) is 16.7 Å². The van der Waals surface area contributed by atoms with Gasteiger partial charge in [-0.3, -0.25) is 4.79 Å². The molecule has 1 amide bonds. The van der Waals surface area contributed by atoms with E-state index in [1.807, 2.05) is 36.1 Å². The summed E-state index contributed by atoms with van der Waals surface area (Å²) in [5.41, 5.74) is 6.34. The minimum atomic E-state index is -0.528. The maximum atomic E-state index is 11.6. The van der Waals surface area contributed by atoms with Crippen molar-refractivity contribution in [3.63, 3.8) is 0 Å². The first-order valence-electron chi connectivity index (χ1n) is 6.88. The fourth-order valence-electron chi connectivity index (χ4n) is 2.77. The molecule has 2 heterocycles. The molecule has 0 saturated carbocycles. The number of anilines is 1. The zero-order valence-electron chi connectivity index (χ0n) is 11.8. The highest BCUT2D eigenvalue weighted by Gasteiger charge is 2.39. The van der Waals surface area contributed by atoms with Crippen LogP contribution in [-0.4, -0.2) is 24.0 Å². The number of carbonyl (C=O) groups excluding carboxylic acids is 1. The van der Waals surface area contributed by atoms with Crippen LogP contribution in [0.4, 0.5) is 5.82 Å². The molecule has 2 aromatic rings. The fourth-order valence-corrected chi connectivity index (χ4v) is 2.77. The average molecular weight is 280 g/mol. The summed E-state index contributed by atoms with van der Waals surface area (Å²) in [4.78, 5) is 18.2. The van der Waals surface area contributed by atoms with E-state index in [1.54, 1.807) is 6.07 Å². The van der Waals surface area contributed by atoms with Crippen LogP contribution < -0.4 is 10.6 Å². The van der Waals surface area contributed by atoms with Crippen LogP contribution in [0.5, 0.6) is 0 Å². The topological polar surface area (TPSA) is 83.0 Å². The van der Waals surface area contributed by atoms with Gasteiger partial charge in [0.25, 0.3) is 0 Å². The van der Waals surface area contributed by atoms with Crippen LogP contribution in [0.3, 0.4) is 0 Å². The maximum absolute atomic E-state index is 11.6. The molecule has 0 bridgehead atoms. The Hall–Kier alpha value is -2.61. The Morgan fingerprint density at radius 1 is 1.48 bits per heavy atom. The van der Waals surface area contributed by atoms with Gasteiger partial charge in [0.05, 0.1) is 22.6 Å². The van der Waals surface area contributed by atoms with Gasteiger partial charge in [0.15, 0.2) is 0 Å². The van der Waals surface area contributed by atoms with Crippen LogP contribution in [0.1, 0.15) is 18.9 Å². The van der Waals surface area contributed by atoms with Gasteiger partial charge in [0.2, 0.25) is 5.91 Å². The second-order valence-electron chi connectivity index (χ2n) is 5.75. The molecular weight excluding hydrogens is 264 g/mol. The number of hydrogen-bond acceptors (Lipinski definition) is 4. The van der Waals surface area contributed by atoms with E-state index < -0.39 is 5.41 Å². The first kappa shape index (κ1) is 13.4. The normalized spacial score (nSPS) is 21.4. The molecule has 106 valence electrons. The Morgan fingerprint density at radius 3 is 2.90 bits per heavy atom. The first-order chi connectivity index (χ1) is 10.0. The van der Waals surface area contributed by atoms with Gasteiger partial charge in [-0.1, -0.05) is 18.2 Å². The summed E-state index contributed by atoms with van der Waals surface area (Å²) >= 11 is 0. The van der Waals surface area contributed by atoms with E-state index >= 15 is 0 Å². The highest BCUT2D eigenvalue weighted by Crippen LogP contribution is 2.33. The largest absolute Gasteiger partial charge is 0.369 e. The predicted molar refractivity (Wildman–Crippen MR) is 80.6 cm³/mol. The van der Waals surface area contributed by atoms with Crippen molar-refractivity contribution in [1.29, 1.82) is 5.26 Å². The molecule has 1 unspecified atom stereocenters. The third-order valence-corrected chi connectivity index (χ3v) is 4.22. The number of aromatic nitrogens is 1. The lowest BCUT2D eigenvalue weighted by atomic mass is 9.89. The molecule has 21 heavy (non-hydrogen) atoms. The molecule has 1 atom stereocenters. The lowest BCUT2D eigenvalue weighted by Gasteiger charge is -2.22. The molecule has 1 aromatic heterocycles. The Bertz CT molecular complexity index is 764. The summed E-state index contributed by atoms with van der Waals surface area (Å²) in [5.74, 6) is 0.446. The van der Waals surface area contributed by atoms with Crippen LogP contribution in [0.25, 0.3) is 10.9 Å². The van der Waals surface area contributed by atoms with E-state index in [0.29, 0.717) is 18.5 Å². The van der Waals surface area contributed by atoms with E-state index in [-0.39, 0.29) is 5.91 Å². The Labute approximate surface area is 123 Å². The number of pyridine rings is 1. The minimum absolute atomic E-state index is 0.286. The number of para-hydroxylation sites is 1. The average Bonchev–Trinajstić information content (AvgIpc) is 2.90. The van der Waals surface area contributed by atoms with Crippen molar-refractivity contribution in [3.8, 4) is 6.07 Å². The molecule has 1 aliphatic rings. The number of benzene rings is 1. The molecule has 3 rings (SSSR count). The van der Waals surface area contributed by atoms with Crippen molar-refractivity contribution >= 4 is 22.6 Å². The Morgan fingerprint density at radius 2 is 2.24 bits per heavy atom. The summed E-state index contributed by atoms with van der Waals surface area (Å²) in [6, 6.07) is 11.6. The standard InChI is InChI=1S/C16H16N4O/c1-16(15(18)21)6-7-20(10-16)14-8-11(9-17)12-4-2-3-5-13(12)19-14/h2-5,8H,6-7,10H2,1H3,(H2,18,21). The quantitative estimate of drug-likeness (QED) is 0.909. The van der Waals surface area contributed by atoms with Gasteiger partial charge in [0.1, 0.15) is 5.82 Å². The van der Waals surface area contributed by atoms with Gasteiger partial charge in [-0.05, 0) is 25.5 Å². The van der Waals surface area contributed by atoms with Crippen molar-refractivity contribution in [3.05, 3.63) is 35.9 Å². The van der Waals surface area contributed by atoms with Crippen molar-refractivity contribution < 1.29 is 4.79 Å². The molecule has 5 heteroatoms. The summed E-state index contributed by atoms with van der Waals surface area (Å²) < 4.78 is 0. The van der Waals surface area contributed by atoms with Crippen LogP contribution in [-0.2, 0) is 4.79 Å². The highest BCUT2D eigenvalue weighted by atomic mass is 16.1. The third-order valence-electron chi connectivity index (χ3n) is 4.22. The van der Waals surface area contributed by atoms with E-state index in [4.69, 9.17) is 5.73 Å². The van der Waals surface area contributed by atoms with E-state index in [1.165, 1.54) is 0 Å². The van der Waals surface area contributed by atoms with Gasteiger partial charge in [-0.25, -0.2) is 4.98 Å². The van der Waals surface area contributed by atoms with Crippen molar-refractivity contribution in [2.75, 3.05) is 18.0 Å².